The van der Waals surface area contributed by atoms with Gasteiger partial charge in [-0.3, -0.25) is 4.79 Å². The molecule has 0 aromatic carbocycles. The first-order chi connectivity index (χ1) is 6.73. The first-order valence-electron chi connectivity index (χ1n) is 5.53. The lowest BCUT2D eigenvalue weighted by Gasteiger charge is -2.50. The Kier molecular flexibility index (Phi) is 3.12. The number of rotatable bonds is 3. The zero-order chi connectivity index (χ0) is 11.9. The van der Waals surface area contributed by atoms with Crippen LogP contribution in [0.1, 0.15) is 34.1 Å². The lowest BCUT2D eigenvalue weighted by atomic mass is 9.81. The van der Waals surface area contributed by atoms with E-state index in [1.54, 1.807) is 11.8 Å². The van der Waals surface area contributed by atoms with Gasteiger partial charge in [0.1, 0.15) is 5.60 Å². The number of nitrogens with zero attached hydrogens (tertiary/aromatic N) is 1. The van der Waals surface area contributed by atoms with Gasteiger partial charge in [-0.2, -0.15) is 0 Å². The van der Waals surface area contributed by atoms with Crippen LogP contribution >= 0.6 is 0 Å². The van der Waals surface area contributed by atoms with E-state index in [4.69, 9.17) is 5.73 Å². The van der Waals surface area contributed by atoms with Crippen LogP contribution in [0.4, 0.5) is 0 Å². The lowest BCUT2D eigenvalue weighted by Crippen LogP contribution is -2.70. The molecule has 0 saturated carbocycles. The largest absolute Gasteiger partial charge is 0.386 e. The number of amides is 1. The summed E-state index contributed by atoms with van der Waals surface area (Å²) in [6.45, 7) is 8.38. The number of β-amino-alcohol motifs (C(OH)–C–C–N with tert-alkyl or cyclic N) is 1. The second kappa shape index (κ2) is 3.76. The minimum absolute atomic E-state index is 0.0599. The number of nitrogens with two attached hydrogens (primary N) is 1. The molecule has 1 unspecified atom stereocenters. The predicted octanol–water partition coefficient (Wildman–Crippen LogP) is 0.343. The molecule has 88 valence electrons. The van der Waals surface area contributed by atoms with Gasteiger partial charge in [0.15, 0.2) is 0 Å². The van der Waals surface area contributed by atoms with Crippen LogP contribution < -0.4 is 5.73 Å². The number of likely N-dealkylation sites (tertiary alicyclic amines) is 1. The summed E-state index contributed by atoms with van der Waals surface area (Å²) >= 11 is 0. The monoisotopic (exact) mass is 214 g/mol. The van der Waals surface area contributed by atoms with Crippen LogP contribution in [0, 0.1) is 5.92 Å². The number of carbonyl (C=O) groups excluding carboxylic acids is 1. The van der Waals surface area contributed by atoms with Gasteiger partial charge < -0.3 is 15.7 Å². The smallest absolute Gasteiger partial charge is 0.242 e. The van der Waals surface area contributed by atoms with Gasteiger partial charge in [-0.15, -0.1) is 0 Å². The molecule has 1 amide bonds. The Hall–Kier alpha value is -0.610. The summed E-state index contributed by atoms with van der Waals surface area (Å²) in [4.78, 5) is 13.5. The Labute approximate surface area is 91.4 Å². The molecule has 1 aliphatic heterocycles. The predicted molar refractivity (Wildman–Crippen MR) is 59.3 cm³/mol. The highest BCUT2D eigenvalue weighted by atomic mass is 16.3. The molecule has 1 rings (SSSR count). The molecule has 1 saturated heterocycles. The Morgan fingerprint density at radius 1 is 1.60 bits per heavy atom. The molecule has 15 heavy (non-hydrogen) atoms. The number of carbonyl (C=O) groups is 1. The van der Waals surface area contributed by atoms with Crippen molar-refractivity contribution >= 4 is 5.91 Å². The molecule has 0 aliphatic carbocycles. The standard InChI is InChI=1S/C11H22N2O2/c1-5-10(4,12)9(14)13-6-11(15,7-13)8(2)3/h8,15H,5-7,12H2,1-4H3. The van der Waals surface area contributed by atoms with Crippen molar-refractivity contribution in [3.8, 4) is 0 Å². The van der Waals surface area contributed by atoms with E-state index >= 15 is 0 Å². The fourth-order valence-corrected chi connectivity index (χ4v) is 1.64. The summed E-state index contributed by atoms with van der Waals surface area (Å²) in [7, 11) is 0. The average Bonchev–Trinajstić information content (AvgIpc) is 2.11. The fraction of sp³-hybridized carbons (Fsp3) is 0.909. The van der Waals surface area contributed by atoms with Crippen molar-refractivity contribution in [3.05, 3.63) is 0 Å². The summed E-state index contributed by atoms with van der Waals surface area (Å²) in [6.07, 6.45) is 0.614. The minimum atomic E-state index is -0.793. The summed E-state index contributed by atoms with van der Waals surface area (Å²) < 4.78 is 0. The minimum Gasteiger partial charge on any atom is -0.386 e. The molecule has 4 heteroatoms. The van der Waals surface area contributed by atoms with Gasteiger partial charge in [-0.1, -0.05) is 20.8 Å². The van der Waals surface area contributed by atoms with E-state index in [1.807, 2.05) is 20.8 Å². The molecule has 0 radical (unpaired) electrons. The fourth-order valence-electron chi connectivity index (χ4n) is 1.64. The molecule has 1 aliphatic rings. The molecule has 0 bridgehead atoms. The van der Waals surface area contributed by atoms with Crippen molar-refractivity contribution in [2.45, 2.75) is 45.3 Å². The first-order valence-corrected chi connectivity index (χ1v) is 5.53. The van der Waals surface area contributed by atoms with Crippen molar-refractivity contribution in [3.63, 3.8) is 0 Å². The van der Waals surface area contributed by atoms with Gasteiger partial charge >= 0.3 is 0 Å². The molecule has 3 N–H and O–H groups in total. The highest BCUT2D eigenvalue weighted by Crippen LogP contribution is 2.30. The maximum absolute atomic E-state index is 11.9. The van der Waals surface area contributed by atoms with Crippen LogP contribution in [0.25, 0.3) is 0 Å². The molecule has 0 aromatic rings. The maximum Gasteiger partial charge on any atom is 0.242 e. The van der Waals surface area contributed by atoms with Crippen LogP contribution in [-0.2, 0) is 4.79 Å². The SMILES string of the molecule is CCC(C)(N)C(=O)N1CC(O)(C(C)C)C1. The van der Waals surface area contributed by atoms with Gasteiger partial charge in [0.25, 0.3) is 0 Å². The zero-order valence-corrected chi connectivity index (χ0v) is 10.1. The summed E-state index contributed by atoms with van der Waals surface area (Å²) in [5.74, 6) is 0.113. The van der Waals surface area contributed by atoms with Crippen LogP contribution in [-0.4, -0.2) is 40.1 Å². The van der Waals surface area contributed by atoms with Crippen LogP contribution in [0.15, 0.2) is 0 Å². The summed E-state index contributed by atoms with van der Waals surface area (Å²) in [6, 6.07) is 0. The Balaban J connectivity index is 2.56. The van der Waals surface area contributed by atoms with Crippen LogP contribution in [0.5, 0.6) is 0 Å². The third-order valence-electron chi connectivity index (χ3n) is 3.51. The lowest BCUT2D eigenvalue weighted by molar-refractivity contribution is -0.168. The van der Waals surface area contributed by atoms with Gasteiger partial charge in [0.05, 0.1) is 18.6 Å². The highest BCUT2D eigenvalue weighted by molar-refractivity contribution is 5.86. The summed E-state index contributed by atoms with van der Waals surface area (Å²) in [5, 5.41) is 10.0. The quantitative estimate of drug-likeness (QED) is 0.712. The number of aliphatic hydroxyl groups is 1. The van der Waals surface area contributed by atoms with Gasteiger partial charge in [0, 0.05) is 0 Å². The van der Waals surface area contributed by atoms with E-state index in [0.29, 0.717) is 19.5 Å². The normalized spacial score (nSPS) is 23.5. The van der Waals surface area contributed by atoms with E-state index in [1.165, 1.54) is 0 Å². The third kappa shape index (κ3) is 2.16. The topological polar surface area (TPSA) is 66.6 Å². The molecule has 1 fully saturated rings. The second-order valence-corrected chi connectivity index (χ2v) is 5.19. The first kappa shape index (κ1) is 12.5. The summed E-state index contributed by atoms with van der Waals surface area (Å²) in [5.41, 5.74) is 4.36. The van der Waals surface area contributed by atoms with Crippen molar-refractivity contribution in [1.82, 2.24) is 4.90 Å². The Morgan fingerprint density at radius 3 is 2.40 bits per heavy atom. The molecule has 4 nitrogen and oxygen atoms in total. The third-order valence-corrected chi connectivity index (χ3v) is 3.51. The maximum atomic E-state index is 11.9. The van der Waals surface area contributed by atoms with Gasteiger partial charge in [-0.05, 0) is 19.3 Å². The van der Waals surface area contributed by atoms with E-state index in [0.717, 1.165) is 0 Å². The molecule has 1 atom stereocenters. The van der Waals surface area contributed by atoms with Crippen molar-refractivity contribution in [1.29, 1.82) is 0 Å². The molecular formula is C11H22N2O2. The van der Waals surface area contributed by atoms with E-state index in [2.05, 4.69) is 0 Å². The molecule has 0 spiro atoms. The number of hydrogen-bond donors (Lipinski definition) is 2. The highest BCUT2D eigenvalue weighted by Gasteiger charge is 2.48. The zero-order valence-electron chi connectivity index (χ0n) is 10.1. The molecular weight excluding hydrogens is 192 g/mol. The van der Waals surface area contributed by atoms with E-state index in [9.17, 15) is 9.90 Å². The van der Waals surface area contributed by atoms with Gasteiger partial charge in [0.2, 0.25) is 5.91 Å². The average molecular weight is 214 g/mol. The van der Waals surface area contributed by atoms with Crippen molar-refractivity contribution in [2.75, 3.05) is 13.1 Å². The molecule has 0 aromatic heterocycles. The Bertz CT molecular complexity index is 255. The van der Waals surface area contributed by atoms with Gasteiger partial charge in [-0.25, -0.2) is 0 Å². The van der Waals surface area contributed by atoms with Crippen molar-refractivity contribution in [2.24, 2.45) is 11.7 Å². The van der Waals surface area contributed by atoms with Crippen LogP contribution in [0.2, 0.25) is 0 Å². The molecule has 1 heterocycles. The van der Waals surface area contributed by atoms with Crippen molar-refractivity contribution < 1.29 is 9.90 Å². The second-order valence-electron chi connectivity index (χ2n) is 5.19. The number of hydrogen-bond acceptors (Lipinski definition) is 3. The Morgan fingerprint density at radius 2 is 2.07 bits per heavy atom. The van der Waals surface area contributed by atoms with E-state index in [-0.39, 0.29) is 11.8 Å². The van der Waals surface area contributed by atoms with Crippen LogP contribution in [0.3, 0.4) is 0 Å². The van der Waals surface area contributed by atoms with E-state index < -0.39 is 11.1 Å².